The second-order valence-electron chi connectivity index (χ2n) is 7.01. The monoisotopic (exact) mass is 365 g/mol. The highest BCUT2D eigenvalue weighted by atomic mass is 35.5. The van der Waals surface area contributed by atoms with Gasteiger partial charge in [0.15, 0.2) is 0 Å². The van der Waals surface area contributed by atoms with Gasteiger partial charge in [-0.25, -0.2) is 0 Å². The van der Waals surface area contributed by atoms with Crippen molar-refractivity contribution in [2.45, 2.75) is 57.4 Å². The van der Waals surface area contributed by atoms with E-state index in [1.807, 2.05) is 12.1 Å². The molecule has 1 saturated carbocycles. The maximum atomic E-state index is 12.2. The lowest BCUT2D eigenvalue weighted by atomic mass is 9.95. The number of fused-ring (bicyclic) bond motifs is 1. The van der Waals surface area contributed by atoms with Crippen molar-refractivity contribution in [2.24, 2.45) is 11.7 Å². The average Bonchev–Trinajstić information content (AvgIpc) is 3.10. The van der Waals surface area contributed by atoms with E-state index in [1.165, 1.54) is 5.56 Å². The summed E-state index contributed by atoms with van der Waals surface area (Å²) in [5.41, 5.74) is 9.22. The zero-order valence-electron chi connectivity index (χ0n) is 14.7. The van der Waals surface area contributed by atoms with Crippen LogP contribution in [0, 0.1) is 5.92 Å². The zero-order chi connectivity index (χ0) is 17.1. The van der Waals surface area contributed by atoms with Crippen LogP contribution >= 0.6 is 12.4 Å². The van der Waals surface area contributed by atoms with Crippen LogP contribution < -0.4 is 16.4 Å². The second-order valence-corrected chi connectivity index (χ2v) is 7.01. The molecule has 2 amide bonds. The van der Waals surface area contributed by atoms with Gasteiger partial charge in [-0.3, -0.25) is 9.59 Å². The van der Waals surface area contributed by atoms with E-state index in [9.17, 15) is 9.59 Å². The Bertz CT molecular complexity index is 635. The summed E-state index contributed by atoms with van der Waals surface area (Å²) in [7, 11) is 0. The molecule has 3 rings (SSSR count). The maximum absolute atomic E-state index is 12.2. The van der Waals surface area contributed by atoms with Gasteiger partial charge in [-0.2, -0.15) is 0 Å². The van der Waals surface area contributed by atoms with E-state index in [0.717, 1.165) is 36.9 Å². The molecule has 25 heavy (non-hydrogen) atoms. The second kappa shape index (κ2) is 8.68. The molecule has 1 aromatic carbocycles. The molecule has 1 aliphatic heterocycles. The molecule has 4 N–H and O–H groups in total. The van der Waals surface area contributed by atoms with Crippen LogP contribution in [0.25, 0.3) is 0 Å². The highest BCUT2D eigenvalue weighted by Gasteiger charge is 2.30. The van der Waals surface area contributed by atoms with Crippen molar-refractivity contribution >= 4 is 29.9 Å². The molecule has 0 saturated heterocycles. The summed E-state index contributed by atoms with van der Waals surface area (Å²) in [4.78, 5) is 24.3. The summed E-state index contributed by atoms with van der Waals surface area (Å²) in [6.07, 6.45) is 5.29. The van der Waals surface area contributed by atoms with Crippen molar-refractivity contribution in [1.29, 1.82) is 0 Å². The third-order valence-electron chi connectivity index (χ3n) is 5.39. The van der Waals surface area contributed by atoms with Crippen LogP contribution in [0.15, 0.2) is 18.2 Å². The smallest absolute Gasteiger partial charge is 0.232 e. The van der Waals surface area contributed by atoms with E-state index in [2.05, 4.69) is 23.6 Å². The first-order chi connectivity index (χ1) is 11.6. The lowest BCUT2D eigenvalue weighted by Gasteiger charge is -2.15. The number of carbonyl (C=O) groups excluding carboxylic acids is 2. The van der Waals surface area contributed by atoms with Crippen LogP contribution in [-0.2, 0) is 16.0 Å². The number of amides is 2. The quantitative estimate of drug-likeness (QED) is 0.724. The number of carbonyl (C=O) groups is 2. The molecule has 1 aromatic rings. The van der Waals surface area contributed by atoms with Crippen LogP contribution in [-0.4, -0.2) is 24.4 Å². The summed E-state index contributed by atoms with van der Waals surface area (Å²) in [5, 5.41) is 5.90. The average molecular weight is 366 g/mol. The number of nitrogens with one attached hydrogen (secondary N) is 2. The van der Waals surface area contributed by atoms with Crippen molar-refractivity contribution in [2.75, 3.05) is 11.9 Å². The largest absolute Gasteiger partial charge is 0.356 e. The molecule has 0 radical (unpaired) electrons. The Morgan fingerprint density at radius 2 is 2.16 bits per heavy atom. The van der Waals surface area contributed by atoms with Crippen molar-refractivity contribution in [3.63, 3.8) is 0 Å². The normalized spacial score (nSPS) is 24.4. The van der Waals surface area contributed by atoms with Crippen molar-refractivity contribution in [1.82, 2.24) is 5.32 Å². The molecule has 1 aliphatic carbocycles. The van der Waals surface area contributed by atoms with Crippen LogP contribution in [0.1, 0.15) is 56.1 Å². The van der Waals surface area contributed by atoms with Crippen LogP contribution in [0.4, 0.5) is 5.69 Å². The molecule has 138 valence electrons. The Kier molecular flexibility index (Phi) is 6.85. The molecule has 1 fully saturated rings. The van der Waals surface area contributed by atoms with Crippen LogP contribution in [0.5, 0.6) is 0 Å². The first-order valence-corrected chi connectivity index (χ1v) is 9.04. The summed E-state index contributed by atoms with van der Waals surface area (Å²) in [6.45, 7) is 2.63. The van der Waals surface area contributed by atoms with Gasteiger partial charge in [-0.1, -0.05) is 25.5 Å². The van der Waals surface area contributed by atoms with Crippen molar-refractivity contribution < 1.29 is 9.59 Å². The van der Waals surface area contributed by atoms with Crippen LogP contribution in [0.2, 0.25) is 0 Å². The van der Waals surface area contributed by atoms with Crippen molar-refractivity contribution in [3.8, 4) is 0 Å². The Balaban J connectivity index is 0.00000225. The van der Waals surface area contributed by atoms with Gasteiger partial charge < -0.3 is 16.4 Å². The molecular weight excluding hydrogens is 338 g/mol. The number of benzene rings is 1. The van der Waals surface area contributed by atoms with Gasteiger partial charge in [0.25, 0.3) is 0 Å². The number of anilines is 1. The van der Waals surface area contributed by atoms with Gasteiger partial charge in [-0.15, -0.1) is 12.4 Å². The molecule has 5 nitrogen and oxygen atoms in total. The molecule has 0 spiro atoms. The molecule has 6 heteroatoms. The molecule has 3 atom stereocenters. The van der Waals surface area contributed by atoms with Gasteiger partial charge in [-0.05, 0) is 48.8 Å². The lowest BCUT2D eigenvalue weighted by Crippen LogP contribution is -2.32. The molecule has 1 unspecified atom stereocenters. The van der Waals surface area contributed by atoms with Gasteiger partial charge in [0.1, 0.15) is 0 Å². The minimum absolute atomic E-state index is 0. The topological polar surface area (TPSA) is 84.2 Å². The number of rotatable bonds is 6. The minimum atomic E-state index is -0.166. The summed E-state index contributed by atoms with van der Waals surface area (Å²) in [6, 6.07) is 6.30. The lowest BCUT2D eigenvalue weighted by molar-refractivity contribution is -0.122. The van der Waals surface area contributed by atoms with E-state index in [0.29, 0.717) is 25.3 Å². The summed E-state index contributed by atoms with van der Waals surface area (Å²) in [5.74, 6) is 0.233. The molecule has 0 bridgehead atoms. The maximum Gasteiger partial charge on any atom is 0.232 e. The van der Waals surface area contributed by atoms with Gasteiger partial charge in [0, 0.05) is 24.7 Å². The predicted octanol–water partition coefficient (Wildman–Crippen LogP) is 2.73. The van der Waals surface area contributed by atoms with Gasteiger partial charge >= 0.3 is 0 Å². The Hall–Kier alpha value is -1.59. The highest BCUT2D eigenvalue weighted by Crippen LogP contribution is 2.35. The summed E-state index contributed by atoms with van der Waals surface area (Å²) < 4.78 is 0. The molecule has 1 heterocycles. The number of hydrogen-bond acceptors (Lipinski definition) is 3. The van der Waals surface area contributed by atoms with E-state index in [4.69, 9.17) is 5.73 Å². The SMILES string of the molecule is CCc1ccc2c(c1)C(CCNC(=O)C[C@@H]1CCC[C@H]1N)C(=O)N2.Cl. The van der Waals surface area contributed by atoms with Crippen LogP contribution in [0.3, 0.4) is 0 Å². The first-order valence-electron chi connectivity index (χ1n) is 9.04. The summed E-state index contributed by atoms with van der Waals surface area (Å²) >= 11 is 0. The number of aryl methyl sites for hydroxylation is 1. The fourth-order valence-corrected chi connectivity index (χ4v) is 3.87. The Morgan fingerprint density at radius 1 is 1.36 bits per heavy atom. The number of halogens is 1. The third kappa shape index (κ3) is 4.53. The third-order valence-corrected chi connectivity index (χ3v) is 5.39. The minimum Gasteiger partial charge on any atom is -0.356 e. The fourth-order valence-electron chi connectivity index (χ4n) is 3.87. The van der Waals surface area contributed by atoms with Gasteiger partial charge in [0.05, 0.1) is 5.92 Å². The van der Waals surface area contributed by atoms with E-state index >= 15 is 0 Å². The van der Waals surface area contributed by atoms with E-state index in [1.54, 1.807) is 0 Å². The molecule has 0 aromatic heterocycles. The van der Waals surface area contributed by atoms with Gasteiger partial charge in [0.2, 0.25) is 11.8 Å². The predicted molar refractivity (Wildman–Crippen MR) is 102 cm³/mol. The Labute approximate surface area is 155 Å². The van der Waals surface area contributed by atoms with E-state index in [-0.39, 0.29) is 36.2 Å². The zero-order valence-corrected chi connectivity index (χ0v) is 15.5. The van der Waals surface area contributed by atoms with E-state index < -0.39 is 0 Å². The number of nitrogens with two attached hydrogens (primary N) is 1. The molecule has 2 aliphatic rings. The number of hydrogen-bond donors (Lipinski definition) is 3. The Morgan fingerprint density at radius 3 is 2.84 bits per heavy atom. The highest BCUT2D eigenvalue weighted by molar-refractivity contribution is 6.02. The van der Waals surface area contributed by atoms with Crippen molar-refractivity contribution in [3.05, 3.63) is 29.3 Å². The first kappa shape index (κ1) is 19.7. The standard InChI is InChI=1S/C19H27N3O2.ClH/c1-2-12-6-7-17-15(10-12)14(19(24)22-17)8-9-21-18(23)11-13-4-3-5-16(13)20;/h6-7,10,13-14,16H,2-5,8-9,11,20H2,1H3,(H,21,23)(H,22,24);1H/t13-,14?,16+;/m0./s1. The molecular formula is C19H28ClN3O2. The fraction of sp³-hybridized carbons (Fsp3) is 0.579.